The summed E-state index contributed by atoms with van der Waals surface area (Å²) in [5.41, 5.74) is 6.31. The van der Waals surface area contributed by atoms with Crippen molar-refractivity contribution in [1.29, 1.82) is 0 Å². The predicted octanol–water partition coefficient (Wildman–Crippen LogP) is 4.50. The number of rotatable bonds is 2. The molecule has 0 saturated heterocycles. The molecule has 1 heteroatoms. The molecule has 1 aliphatic rings. The minimum Gasteiger partial charge on any atom is -0.0966 e. The van der Waals surface area contributed by atoms with Crippen LogP contribution in [-0.2, 0) is 0 Å². The van der Waals surface area contributed by atoms with Gasteiger partial charge in [0.25, 0.3) is 0 Å². The van der Waals surface area contributed by atoms with E-state index in [1.165, 1.54) is 54.4 Å². The quantitative estimate of drug-likeness (QED) is 0.697. The van der Waals surface area contributed by atoms with Crippen LogP contribution < -0.4 is 5.46 Å². The molecule has 0 aliphatic heterocycles. The molecule has 100 valence electrons. The number of benzene rings is 2. The van der Waals surface area contributed by atoms with E-state index in [1.54, 1.807) is 0 Å². The van der Waals surface area contributed by atoms with Gasteiger partial charge in [0.15, 0.2) is 0 Å². The summed E-state index contributed by atoms with van der Waals surface area (Å²) in [4.78, 5) is 0. The van der Waals surface area contributed by atoms with Crippen molar-refractivity contribution in [2.24, 2.45) is 0 Å². The Hall–Kier alpha value is -1.50. The normalized spacial score (nSPS) is 16.2. The molecule has 0 nitrogen and oxygen atoms in total. The third kappa shape index (κ3) is 2.82. The van der Waals surface area contributed by atoms with Crippen molar-refractivity contribution in [1.82, 2.24) is 0 Å². The van der Waals surface area contributed by atoms with Crippen LogP contribution in [0.25, 0.3) is 11.1 Å². The van der Waals surface area contributed by atoms with Gasteiger partial charge in [-0.15, -0.1) is 0 Å². The summed E-state index contributed by atoms with van der Waals surface area (Å²) in [6.07, 6.45) is 6.92. The van der Waals surface area contributed by atoms with Crippen LogP contribution in [0.2, 0.25) is 0 Å². The third-order valence-corrected chi connectivity index (χ3v) is 4.55. The van der Waals surface area contributed by atoms with E-state index >= 15 is 0 Å². The molecule has 0 amide bonds. The highest BCUT2D eigenvalue weighted by molar-refractivity contribution is 6.32. The molecule has 0 atom stereocenters. The van der Waals surface area contributed by atoms with E-state index in [0.717, 1.165) is 11.4 Å². The van der Waals surface area contributed by atoms with Gasteiger partial charge in [0.2, 0.25) is 0 Å². The fourth-order valence-electron chi connectivity index (χ4n) is 3.36. The second-order valence-electron chi connectivity index (χ2n) is 6.03. The SMILES string of the molecule is [B]c1ccc(-c2ccc(C3CCCCC3)cc2C)cc1. The lowest BCUT2D eigenvalue weighted by atomic mass is 9.82. The third-order valence-electron chi connectivity index (χ3n) is 4.55. The molecule has 0 aromatic heterocycles. The molecule has 2 aromatic rings. The lowest BCUT2D eigenvalue weighted by Crippen LogP contribution is -2.05. The second kappa shape index (κ2) is 5.87. The van der Waals surface area contributed by atoms with E-state index in [9.17, 15) is 0 Å². The van der Waals surface area contributed by atoms with E-state index in [2.05, 4.69) is 37.3 Å². The first-order chi connectivity index (χ1) is 9.74. The van der Waals surface area contributed by atoms with Crippen LogP contribution in [0.1, 0.15) is 49.1 Å². The highest BCUT2D eigenvalue weighted by Gasteiger charge is 2.16. The number of hydrogen-bond acceptors (Lipinski definition) is 0. The Morgan fingerprint density at radius 3 is 2.25 bits per heavy atom. The van der Waals surface area contributed by atoms with Gasteiger partial charge in [-0.1, -0.05) is 67.2 Å². The average molecular weight is 260 g/mol. The molecule has 1 saturated carbocycles. The zero-order chi connectivity index (χ0) is 13.9. The Morgan fingerprint density at radius 1 is 0.900 bits per heavy atom. The molecule has 0 spiro atoms. The molecule has 1 fully saturated rings. The molecule has 0 heterocycles. The molecular weight excluding hydrogens is 239 g/mol. The van der Waals surface area contributed by atoms with Gasteiger partial charge in [0, 0.05) is 0 Å². The summed E-state index contributed by atoms with van der Waals surface area (Å²) >= 11 is 0. The molecule has 1 aliphatic carbocycles. The van der Waals surface area contributed by atoms with Gasteiger partial charge in [0.05, 0.1) is 0 Å². The largest absolute Gasteiger partial charge is 0.113 e. The van der Waals surface area contributed by atoms with Gasteiger partial charge in [-0.05, 0) is 47.9 Å². The number of aryl methyl sites for hydroxylation is 1. The lowest BCUT2D eigenvalue weighted by molar-refractivity contribution is 0.443. The average Bonchev–Trinajstić information content (AvgIpc) is 2.49. The minimum absolute atomic E-state index is 0.780. The summed E-state index contributed by atoms with van der Waals surface area (Å²) < 4.78 is 0. The van der Waals surface area contributed by atoms with Crippen LogP contribution >= 0.6 is 0 Å². The Kier molecular flexibility index (Phi) is 3.96. The summed E-state index contributed by atoms with van der Waals surface area (Å²) in [7, 11) is 5.76. The molecular formula is C19H21B. The van der Waals surface area contributed by atoms with Crippen molar-refractivity contribution in [3.05, 3.63) is 53.6 Å². The van der Waals surface area contributed by atoms with Gasteiger partial charge in [0.1, 0.15) is 7.85 Å². The van der Waals surface area contributed by atoms with Crippen LogP contribution in [0, 0.1) is 6.92 Å². The van der Waals surface area contributed by atoms with Crippen molar-refractivity contribution >= 4 is 13.3 Å². The molecule has 2 aromatic carbocycles. The zero-order valence-electron chi connectivity index (χ0n) is 12.2. The van der Waals surface area contributed by atoms with E-state index in [-0.39, 0.29) is 0 Å². The van der Waals surface area contributed by atoms with Gasteiger partial charge in [-0.3, -0.25) is 0 Å². The Bertz CT molecular complexity index is 577. The van der Waals surface area contributed by atoms with Crippen LogP contribution in [0.5, 0.6) is 0 Å². The monoisotopic (exact) mass is 260 g/mol. The molecule has 0 unspecified atom stereocenters. The zero-order valence-corrected chi connectivity index (χ0v) is 12.2. The van der Waals surface area contributed by atoms with Crippen molar-refractivity contribution in [3.63, 3.8) is 0 Å². The summed E-state index contributed by atoms with van der Waals surface area (Å²) in [5.74, 6) is 0.780. The minimum atomic E-state index is 0.780. The van der Waals surface area contributed by atoms with E-state index in [1.807, 2.05) is 12.1 Å². The fraction of sp³-hybridized carbons (Fsp3) is 0.368. The number of hydrogen-bond donors (Lipinski definition) is 0. The molecule has 3 rings (SSSR count). The van der Waals surface area contributed by atoms with Gasteiger partial charge >= 0.3 is 0 Å². The summed E-state index contributed by atoms with van der Waals surface area (Å²) in [6.45, 7) is 2.22. The maximum atomic E-state index is 5.76. The fourth-order valence-corrected chi connectivity index (χ4v) is 3.36. The predicted molar refractivity (Wildman–Crippen MR) is 87.8 cm³/mol. The van der Waals surface area contributed by atoms with E-state index in [4.69, 9.17) is 7.85 Å². The molecule has 2 radical (unpaired) electrons. The topological polar surface area (TPSA) is 0 Å². The summed E-state index contributed by atoms with van der Waals surface area (Å²) in [5, 5.41) is 0. The van der Waals surface area contributed by atoms with Crippen LogP contribution in [0.15, 0.2) is 42.5 Å². The lowest BCUT2D eigenvalue weighted by Gasteiger charge is -2.23. The Labute approximate surface area is 123 Å². The first-order valence-electron chi connectivity index (χ1n) is 7.70. The maximum absolute atomic E-state index is 5.76. The maximum Gasteiger partial charge on any atom is 0.113 e. The highest BCUT2D eigenvalue weighted by Crippen LogP contribution is 2.34. The highest BCUT2D eigenvalue weighted by atomic mass is 14.2. The smallest absolute Gasteiger partial charge is 0.0966 e. The van der Waals surface area contributed by atoms with Gasteiger partial charge < -0.3 is 0 Å². The molecule has 20 heavy (non-hydrogen) atoms. The van der Waals surface area contributed by atoms with Gasteiger partial charge in [-0.25, -0.2) is 0 Å². The standard InChI is InChI=1S/C19H21B/c1-14-13-17(15-5-3-2-4-6-15)9-12-19(14)16-7-10-18(20)11-8-16/h7-13,15H,2-6H2,1H3. The Morgan fingerprint density at radius 2 is 1.60 bits per heavy atom. The first kappa shape index (κ1) is 13.5. The van der Waals surface area contributed by atoms with E-state index < -0.39 is 0 Å². The van der Waals surface area contributed by atoms with Gasteiger partial charge in [-0.2, -0.15) is 0 Å². The Balaban J connectivity index is 1.88. The molecule has 0 N–H and O–H groups in total. The van der Waals surface area contributed by atoms with Crippen molar-refractivity contribution in [3.8, 4) is 11.1 Å². The summed E-state index contributed by atoms with van der Waals surface area (Å²) in [6, 6.07) is 15.2. The van der Waals surface area contributed by atoms with E-state index in [0.29, 0.717) is 0 Å². The second-order valence-corrected chi connectivity index (χ2v) is 6.03. The van der Waals surface area contributed by atoms with Crippen molar-refractivity contribution in [2.45, 2.75) is 44.9 Å². The van der Waals surface area contributed by atoms with Crippen LogP contribution in [0.3, 0.4) is 0 Å². The van der Waals surface area contributed by atoms with Crippen LogP contribution in [0.4, 0.5) is 0 Å². The molecule has 0 bridgehead atoms. The van der Waals surface area contributed by atoms with Crippen molar-refractivity contribution in [2.75, 3.05) is 0 Å². The van der Waals surface area contributed by atoms with Crippen molar-refractivity contribution < 1.29 is 0 Å². The van der Waals surface area contributed by atoms with Crippen LogP contribution in [-0.4, -0.2) is 7.85 Å². The first-order valence-corrected chi connectivity index (χ1v) is 7.70.